The lowest BCUT2D eigenvalue weighted by Crippen LogP contribution is -1.97. The van der Waals surface area contributed by atoms with Gasteiger partial charge in [0.15, 0.2) is 0 Å². The van der Waals surface area contributed by atoms with Gasteiger partial charge in [0, 0.05) is 0 Å². The van der Waals surface area contributed by atoms with Gasteiger partial charge < -0.3 is 4.74 Å². The molecule has 1 rings (SSSR count). The quantitative estimate of drug-likeness (QED) is 0.519. The fourth-order valence-corrected chi connectivity index (χ4v) is 1.16. The lowest BCUT2D eigenvalue weighted by molar-refractivity contribution is 0.433. The highest BCUT2D eigenvalue weighted by Crippen LogP contribution is 2.21. The first-order valence-corrected chi connectivity index (χ1v) is 5.87. The van der Waals surface area contributed by atoms with E-state index in [1.54, 1.807) is 6.08 Å². The number of rotatable bonds is 4. The molecule has 0 amide bonds. The molecule has 1 nitrogen and oxygen atoms in total. The molecular weight excluding hydrogens is 208 g/mol. The minimum atomic E-state index is 0.749. The Bertz CT molecular complexity index is 400. The highest BCUT2D eigenvalue weighted by molar-refractivity contribution is 5.36. The molecule has 1 aromatic rings. The van der Waals surface area contributed by atoms with Crippen LogP contribution in [0.3, 0.4) is 0 Å². The maximum absolute atomic E-state index is 5.74. The molecule has 0 heterocycles. The van der Waals surface area contributed by atoms with E-state index in [1.807, 2.05) is 58.0 Å². The van der Waals surface area contributed by atoms with Crippen molar-refractivity contribution in [2.75, 3.05) is 0 Å². The fraction of sp³-hybridized carbons (Fsp3) is 0.250. The molecule has 0 aliphatic heterocycles. The summed E-state index contributed by atoms with van der Waals surface area (Å²) in [4.78, 5) is 0. The van der Waals surface area contributed by atoms with Crippen LogP contribution in [0.1, 0.15) is 26.3 Å². The predicted octanol–water partition coefficient (Wildman–Crippen LogP) is 5.05. The summed E-state index contributed by atoms with van der Waals surface area (Å²) in [5.74, 6) is 1.60. The first-order chi connectivity index (χ1) is 8.15. The molecule has 92 valence electrons. The van der Waals surface area contributed by atoms with Gasteiger partial charge >= 0.3 is 0 Å². The van der Waals surface area contributed by atoms with Crippen molar-refractivity contribution < 1.29 is 4.74 Å². The molecule has 0 N–H and O–H groups in total. The minimum absolute atomic E-state index is 0.749. The lowest BCUT2D eigenvalue weighted by Gasteiger charge is -2.11. The summed E-state index contributed by atoms with van der Waals surface area (Å²) in [6, 6.07) is 7.89. The van der Waals surface area contributed by atoms with E-state index in [-0.39, 0.29) is 0 Å². The Hall–Kier alpha value is -1.76. The summed E-state index contributed by atoms with van der Waals surface area (Å²) in [5.41, 5.74) is 1.99. The molecule has 0 saturated heterocycles. The van der Waals surface area contributed by atoms with Gasteiger partial charge in [-0.1, -0.05) is 51.3 Å². The van der Waals surface area contributed by atoms with Crippen molar-refractivity contribution in [2.24, 2.45) is 0 Å². The maximum Gasteiger partial charge on any atom is 0.130 e. The number of para-hydroxylation sites is 1. The minimum Gasteiger partial charge on any atom is -0.457 e. The molecule has 17 heavy (non-hydrogen) atoms. The van der Waals surface area contributed by atoms with Crippen molar-refractivity contribution in [1.82, 2.24) is 0 Å². The average Bonchev–Trinajstić information content (AvgIpc) is 2.33. The lowest BCUT2D eigenvalue weighted by atomic mass is 10.2. The maximum atomic E-state index is 5.74. The Morgan fingerprint density at radius 2 is 1.82 bits per heavy atom. The van der Waals surface area contributed by atoms with E-state index < -0.39 is 0 Å². The van der Waals surface area contributed by atoms with Crippen molar-refractivity contribution in [2.45, 2.75) is 27.7 Å². The second kappa shape index (κ2) is 8.40. The second-order valence-electron chi connectivity index (χ2n) is 3.41. The molecule has 0 fully saturated rings. The average molecular weight is 230 g/mol. The smallest absolute Gasteiger partial charge is 0.130 e. The van der Waals surface area contributed by atoms with Gasteiger partial charge in [-0.2, -0.15) is 0 Å². The molecule has 0 aliphatic carbocycles. The van der Waals surface area contributed by atoms with Gasteiger partial charge in [-0.15, -0.1) is 0 Å². The summed E-state index contributed by atoms with van der Waals surface area (Å²) in [6.07, 6.45) is 3.51. The van der Waals surface area contributed by atoms with Crippen LogP contribution in [0.2, 0.25) is 0 Å². The second-order valence-corrected chi connectivity index (χ2v) is 3.41. The van der Waals surface area contributed by atoms with Gasteiger partial charge in [-0.05, 0) is 37.1 Å². The molecule has 0 atom stereocenters. The Kier molecular flexibility index (Phi) is 7.53. The zero-order valence-electron chi connectivity index (χ0n) is 11.3. The van der Waals surface area contributed by atoms with E-state index in [2.05, 4.69) is 13.2 Å². The van der Waals surface area contributed by atoms with E-state index in [0.717, 1.165) is 22.6 Å². The van der Waals surface area contributed by atoms with Gasteiger partial charge in [-0.25, -0.2) is 0 Å². The van der Waals surface area contributed by atoms with E-state index in [4.69, 9.17) is 4.74 Å². The zero-order valence-corrected chi connectivity index (χ0v) is 11.3. The van der Waals surface area contributed by atoms with E-state index in [9.17, 15) is 0 Å². The first kappa shape index (κ1) is 15.2. The van der Waals surface area contributed by atoms with E-state index in [1.165, 1.54) is 0 Å². The summed E-state index contributed by atoms with van der Waals surface area (Å²) in [7, 11) is 0. The summed E-state index contributed by atoms with van der Waals surface area (Å²) < 4.78 is 5.74. The highest BCUT2D eigenvalue weighted by Gasteiger charge is 2.02. The topological polar surface area (TPSA) is 9.23 Å². The number of allylic oxidation sites excluding steroid dienone is 3. The number of hydrogen-bond acceptors (Lipinski definition) is 1. The molecule has 0 unspecified atom stereocenters. The van der Waals surface area contributed by atoms with Gasteiger partial charge in [0.05, 0.1) is 0 Å². The first-order valence-electron chi connectivity index (χ1n) is 5.87. The van der Waals surface area contributed by atoms with Crippen molar-refractivity contribution in [3.05, 3.63) is 66.5 Å². The highest BCUT2D eigenvalue weighted by atomic mass is 16.5. The van der Waals surface area contributed by atoms with Crippen LogP contribution in [0.25, 0.3) is 0 Å². The molecule has 1 heteroatoms. The molecular formula is C16H22O. The number of aryl methyl sites for hydroxylation is 1. The Morgan fingerprint density at radius 1 is 1.24 bits per heavy atom. The number of hydrogen-bond donors (Lipinski definition) is 0. The third-order valence-corrected chi connectivity index (χ3v) is 2.00. The largest absolute Gasteiger partial charge is 0.457 e. The normalized spacial score (nSPS) is 10.0. The molecule has 0 bridgehead atoms. The van der Waals surface area contributed by atoms with Gasteiger partial charge in [-0.3, -0.25) is 0 Å². The van der Waals surface area contributed by atoms with Crippen LogP contribution >= 0.6 is 0 Å². The van der Waals surface area contributed by atoms with Gasteiger partial charge in [0.1, 0.15) is 11.5 Å². The van der Waals surface area contributed by atoms with Crippen molar-refractivity contribution in [3.63, 3.8) is 0 Å². The Balaban J connectivity index is 0.00000121. The van der Waals surface area contributed by atoms with E-state index in [0.29, 0.717) is 0 Å². The van der Waals surface area contributed by atoms with Crippen LogP contribution in [0.4, 0.5) is 0 Å². The van der Waals surface area contributed by atoms with Crippen LogP contribution in [0.15, 0.2) is 60.9 Å². The van der Waals surface area contributed by atoms with Crippen LogP contribution in [0, 0.1) is 6.92 Å². The molecule has 1 aromatic carbocycles. The zero-order chi connectivity index (χ0) is 13.3. The molecule has 0 spiro atoms. The summed E-state index contributed by atoms with van der Waals surface area (Å²) >= 11 is 0. The fourth-order valence-electron chi connectivity index (χ4n) is 1.16. The monoisotopic (exact) mass is 230 g/mol. The van der Waals surface area contributed by atoms with Crippen LogP contribution in [-0.4, -0.2) is 0 Å². The Labute approximate surface area is 105 Å². The predicted molar refractivity (Wildman–Crippen MR) is 76.2 cm³/mol. The third kappa shape index (κ3) is 5.21. The third-order valence-electron chi connectivity index (χ3n) is 2.00. The molecule has 0 aromatic heterocycles. The Morgan fingerprint density at radius 3 is 2.29 bits per heavy atom. The van der Waals surface area contributed by atoms with Crippen LogP contribution in [-0.2, 0) is 0 Å². The standard InChI is InChI=1S/C14H16O.C2H6/c1-5-8-13(11(2)3)15-14-10-7-6-9-12(14)4;1-2/h5-10H,1-2H2,3-4H3;1-2H3/b13-8+;. The summed E-state index contributed by atoms with van der Waals surface area (Å²) in [6.45, 7) is 15.4. The van der Waals surface area contributed by atoms with Gasteiger partial charge in [0.25, 0.3) is 0 Å². The van der Waals surface area contributed by atoms with Gasteiger partial charge in [0.2, 0.25) is 0 Å². The molecule has 0 saturated carbocycles. The van der Waals surface area contributed by atoms with Crippen LogP contribution in [0.5, 0.6) is 5.75 Å². The number of ether oxygens (including phenoxy) is 1. The van der Waals surface area contributed by atoms with Crippen molar-refractivity contribution in [3.8, 4) is 5.75 Å². The molecule has 0 aliphatic rings. The van der Waals surface area contributed by atoms with Crippen molar-refractivity contribution >= 4 is 0 Å². The van der Waals surface area contributed by atoms with Crippen molar-refractivity contribution in [1.29, 1.82) is 0 Å². The van der Waals surface area contributed by atoms with E-state index >= 15 is 0 Å². The number of benzene rings is 1. The van der Waals surface area contributed by atoms with Crippen LogP contribution < -0.4 is 4.74 Å². The summed E-state index contributed by atoms with van der Waals surface area (Å²) in [5, 5.41) is 0. The molecule has 0 radical (unpaired) electrons. The SMILES string of the molecule is C=C/C=C(/Oc1ccccc1C)C(=C)C.CC.